The molecule has 8 rings (SSSR count). The molecule has 2 heteroatoms. The maximum Gasteiger partial charge on any atom is 0.0781 e. The van der Waals surface area contributed by atoms with E-state index < -0.39 is 0 Å². The van der Waals surface area contributed by atoms with Crippen LogP contribution in [-0.4, -0.2) is 19.8 Å². The summed E-state index contributed by atoms with van der Waals surface area (Å²) in [7, 11) is 4.29. The molecule has 2 nitrogen and oxygen atoms in total. The molecule has 33 heavy (non-hydrogen) atoms. The third-order valence-electron chi connectivity index (χ3n) is 6.47. The average Bonchev–Trinajstić information content (AvgIpc) is 2.85. The summed E-state index contributed by atoms with van der Waals surface area (Å²) in [6.07, 6.45) is 4.02. The van der Waals surface area contributed by atoms with Gasteiger partial charge in [-0.2, -0.15) is 0 Å². The first-order chi connectivity index (χ1) is 16.2. The fraction of sp³-hybridized carbons (Fsp3) is 0.194. The van der Waals surface area contributed by atoms with Crippen molar-refractivity contribution in [2.24, 2.45) is 4.99 Å². The molecule has 0 saturated carbocycles. The third kappa shape index (κ3) is 4.75. The van der Waals surface area contributed by atoms with Gasteiger partial charge in [-0.15, -0.1) is 0 Å². The van der Waals surface area contributed by atoms with Crippen LogP contribution in [0.25, 0.3) is 0 Å². The van der Waals surface area contributed by atoms with E-state index in [9.17, 15) is 0 Å². The highest BCUT2D eigenvalue weighted by atomic mass is 15.1. The molecular weight excluding hydrogens is 400 g/mol. The van der Waals surface area contributed by atoms with Crippen molar-refractivity contribution in [3.05, 3.63) is 130 Å². The van der Waals surface area contributed by atoms with Crippen LogP contribution in [-0.2, 0) is 25.7 Å². The number of aliphatic imine (C=N–C) groups is 1. The predicted octanol–water partition coefficient (Wildman–Crippen LogP) is 6.81. The monoisotopic (exact) mass is 430 g/mol. The van der Waals surface area contributed by atoms with Gasteiger partial charge in [-0.05, 0) is 60.1 Å². The van der Waals surface area contributed by atoms with Gasteiger partial charge in [-0.1, -0.05) is 84.9 Å². The Morgan fingerprint density at radius 3 is 1.76 bits per heavy atom. The molecule has 0 radical (unpaired) electrons. The van der Waals surface area contributed by atoms with Crippen LogP contribution in [0.3, 0.4) is 0 Å². The van der Waals surface area contributed by atoms with Crippen molar-refractivity contribution >= 4 is 17.1 Å². The highest BCUT2D eigenvalue weighted by molar-refractivity contribution is 6.14. The van der Waals surface area contributed by atoms with E-state index in [0.717, 1.165) is 48.2 Å². The zero-order valence-electron chi connectivity index (χ0n) is 19.5. The topological polar surface area (TPSA) is 15.6 Å². The first-order valence-corrected chi connectivity index (χ1v) is 11.8. The van der Waals surface area contributed by atoms with E-state index in [4.69, 9.17) is 4.99 Å². The lowest BCUT2D eigenvalue weighted by Crippen LogP contribution is -2.13. The molecule has 0 saturated heterocycles. The predicted molar refractivity (Wildman–Crippen MR) is 140 cm³/mol. The van der Waals surface area contributed by atoms with Gasteiger partial charge < -0.3 is 4.90 Å². The van der Waals surface area contributed by atoms with Crippen LogP contribution in [0.2, 0.25) is 0 Å². The lowest BCUT2D eigenvalue weighted by Gasteiger charge is -2.20. The summed E-state index contributed by atoms with van der Waals surface area (Å²) in [5, 5.41) is 0. The molecule has 164 valence electrons. The van der Waals surface area contributed by atoms with E-state index in [1.165, 1.54) is 27.9 Å². The van der Waals surface area contributed by atoms with Crippen molar-refractivity contribution in [1.82, 2.24) is 0 Å². The van der Waals surface area contributed by atoms with Gasteiger partial charge in [0.2, 0.25) is 0 Å². The highest BCUT2D eigenvalue weighted by Gasteiger charge is 2.13. The summed E-state index contributed by atoms with van der Waals surface area (Å²) in [6.45, 7) is 0. The highest BCUT2D eigenvalue weighted by Crippen LogP contribution is 2.29. The number of anilines is 1. The SMILES string of the molecule is CN(C)c1cc2ccc1CCc1ccc(c(N=C(c3ccccc3)c3ccccc3)c1)CC2. The number of hydrogen-bond donors (Lipinski definition) is 0. The molecule has 0 unspecified atom stereocenters. The standard InChI is InChI=1S/C31H30N2/c1-33(2)30-22-24-14-18-25-17-13-23(15-19-26(30)20-16-24)21-29(25)32-31(27-9-5-3-6-10-27)28-11-7-4-8-12-28/h3-13,16-17,20-22H,14-15,18-19H2,1-2H3. The lowest BCUT2D eigenvalue weighted by molar-refractivity contribution is 0.912. The van der Waals surface area contributed by atoms with Crippen molar-refractivity contribution in [3.63, 3.8) is 0 Å². The minimum absolute atomic E-state index is 0.974. The Morgan fingerprint density at radius 2 is 1.15 bits per heavy atom. The molecule has 0 atom stereocenters. The van der Waals surface area contributed by atoms with Gasteiger partial charge in [0.15, 0.2) is 0 Å². The Kier molecular flexibility index (Phi) is 6.08. The zero-order chi connectivity index (χ0) is 22.6. The van der Waals surface area contributed by atoms with Gasteiger partial charge in [0.1, 0.15) is 0 Å². The summed E-state index contributed by atoms with van der Waals surface area (Å²) < 4.78 is 0. The van der Waals surface area contributed by atoms with Crippen molar-refractivity contribution in [2.45, 2.75) is 25.7 Å². The lowest BCUT2D eigenvalue weighted by atomic mass is 9.94. The summed E-state index contributed by atoms with van der Waals surface area (Å²) in [5.41, 5.74) is 11.2. The fourth-order valence-corrected chi connectivity index (χ4v) is 4.64. The Labute approximate surface area is 197 Å². The van der Waals surface area contributed by atoms with Gasteiger partial charge >= 0.3 is 0 Å². The van der Waals surface area contributed by atoms with Crippen LogP contribution in [0.5, 0.6) is 0 Å². The molecule has 4 bridgehead atoms. The van der Waals surface area contributed by atoms with Crippen LogP contribution in [0.4, 0.5) is 11.4 Å². The molecule has 0 spiro atoms. The minimum atomic E-state index is 0.974. The second-order valence-corrected chi connectivity index (χ2v) is 9.01. The van der Waals surface area contributed by atoms with Crippen LogP contribution >= 0.6 is 0 Å². The quantitative estimate of drug-likeness (QED) is 0.325. The Balaban J connectivity index is 1.59. The molecule has 0 amide bonds. The summed E-state index contributed by atoms with van der Waals surface area (Å²) >= 11 is 0. The first-order valence-electron chi connectivity index (χ1n) is 11.8. The maximum atomic E-state index is 5.30. The molecule has 4 aromatic carbocycles. The van der Waals surface area contributed by atoms with Crippen molar-refractivity contribution in [2.75, 3.05) is 19.0 Å². The van der Waals surface area contributed by atoms with E-state index in [0.29, 0.717) is 0 Å². The van der Waals surface area contributed by atoms with Crippen LogP contribution in [0.1, 0.15) is 33.4 Å². The molecule has 4 aromatic rings. The number of rotatable bonds is 4. The second-order valence-electron chi connectivity index (χ2n) is 9.01. The molecule has 0 heterocycles. The van der Waals surface area contributed by atoms with Crippen LogP contribution < -0.4 is 4.90 Å². The van der Waals surface area contributed by atoms with Gasteiger partial charge in [-0.25, -0.2) is 4.99 Å². The molecule has 0 fully saturated rings. The van der Waals surface area contributed by atoms with Gasteiger partial charge in [0, 0.05) is 30.9 Å². The number of nitrogens with zero attached hydrogens (tertiary/aromatic N) is 2. The van der Waals surface area contributed by atoms with E-state index in [1.807, 2.05) is 0 Å². The summed E-state index contributed by atoms with van der Waals surface area (Å²) in [6, 6.07) is 35.0. The molecule has 0 aromatic heterocycles. The zero-order valence-corrected chi connectivity index (χ0v) is 19.5. The number of hydrogen-bond acceptors (Lipinski definition) is 2. The van der Waals surface area contributed by atoms with E-state index in [1.54, 1.807) is 0 Å². The van der Waals surface area contributed by atoms with Gasteiger partial charge in [0.05, 0.1) is 11.4 Å². The molecule has 0 aliphatic heterocycles. The van der Waals surface area contributed by atoms with Crippen LogP contribution in [0.15, 0.2) is 102 Å². The van der Waals surface area contributed by atoms with Crippen molar-refractivity contribution in [3.8, 4) is 0 Å². The smallest absolute Gasteiger partial charge is 0.0781 e. The largest absolute Gasteiger partial charge is 0.377 e. The molecular formula is C31H30N2. The molecule has 4 aliphatic carbocycles. The Morgan fingerprint density at radius 1 is 0.606 bits per heavy atom. The maximum absolute atomic E-state index is 5.30. The minimum Gasteiger partial charge on any atom is -0.377 e. The van der Waals surface area contributed by atoms with Gasteiger partial charge in [0.25, 0.3) is 0 Å². The van der Waals surface area contributed by atoms with E-state index in [2.05, 4.69) is 116 Å². The van der Waals surface area contributed by atoms with Crippen molar-refractivity contribution < 1.29 is 0 Å². The Hall–Kier alpha value is -3.65. The second kappa shape index (κ2) is 9.46. The molecule has 4 aliphatic rings. The molecule has 0 N–H and O–H groups in total. The third-order valence-corrected chi connectivity index (χ3v) is 6.47. The van der Waals surface area contributed by atoms with E-state index >= 15 is 0 Å². The van der Waals surface area contributed by atoms with E-state index in [-0.39, 0.29) is 0 Å². The summed E-state index contributed by atoms with van der Waals surface area (Å²) in [5.74, 6) is 0. The summed E-state index contributed by atoms with van der Waals surface area (Å²) in [4.78, 5) is 7.55. The Bertz CT molecular complexity index is 1230. The van der Waals surface area contributed by atoms with Crippen molar-refractivity contribution in [1.29, 1.82) is 0 Å². The normalized spacial score (nSPS) is 12.7. The first kappa shape index (κ1) is 21.2. The average molecular weight is 431 g/mol. The number of aryl methyl sites for hydroxylation is 4. The number of benzene rings is 4. The fourth-order valence-electron chi connectivity index (χ4n) is 4.64. The van der Waals surface area contributed by atoms with Crippen LogP contribution in [0, 0.1) is 0 Å². The van der Waals surface area contributed by atoms with Gasteiger partial charge in [-0.3, -0.25) is 0 Å².